The van der Waals surface area contributed by atoms with Gasteiger partial charge < -0.3 is 26.4 Å². The molecule has 8 nitrogen and oxygen atoms in total. The lowest BCUT2D eigenvalue weighted by molar-refractivity contribution is -0.141. The van der Waals surface area contributed by atoms with Crippen LogP contribution < -0.4 is 11.1 Å². The minimum Gasteiger partial charge on any atom is -0.508 e. The zero-order valence-electron chi connectivity index (χ0n) is 13.9. The number of phenolic OH excluding ortho intramolecular Hbond substituents is 1. The first-order valence-corrected chi connectivity index (χ1v) is 7.30. The number of hydrogen-bond donors (Lipinski definition) is 5. The fourth-order valence-corrected chi connectivity index (χ4v) is 1.60. The molecule has 0 unspecified atom stereocenters. The van der Waals surface area contributed by atoms with E-state index in [1.165, 1.54) is 19.1 Å². The molecule has 0 fully saturated rings. The van der Waals surface area contributed by atoms with E-state index in [2.05, 4.69) is 5.32 Å². The van der Waals surface area contributed by atoms with Crippen LogP contribution in [0, 0.1) is 5.92 Å². The van der Waals surface area contributed by atoms with Gasteiger partial charge in [-0.15, -0.1) is 0 Å². The number of aromatic hydroxyl groups is 1. The lowest BCUT2D eigenvalue weighted by Gasteiger charge is -2.13. The summed E-state index contributed by atoms with van der Waals surface area (Å²) >= 11 is 0. The van der Waals surface area contributed by atoms with E-state index in [-0.39, 0.29) is 24.0 Å². The summed E-state index contributed by atoms with van der Waals surface area (Å²) < 4.78 is 0. The van der Waals surface area contributed by atoms with Gasteiger partial charge in [0.1, 0.15) is 17.8 Å². The number of phenols is 1. The summed E-state index contributed by atoms with van der Waals surface area (Å²) in [6, 6.07) is 4.53. The van der Waals surface area contributed by atoms with Crippen molar-refractivity contribution in [2.75, 3.05) is 0 Å². The van der Waals surface area contributed by atoms with E-state index in [9.17, 15) is 14.4 Å². The van der Waals surface area contributed by atoms with Crippen LogP contribution in [0.2, 0.25) is 0 Å². The molecule has 0 aliphatic rings. The highest BCUT2D eigenvalue weighted by Crippen LogP contribution is 2.11. The molecule has 0 radical (unpaired) electrons. The molecule has 0 heterocycles. The number of carboxylic acids is 2. The highest BCUT2D eigenvalue weighted by Gasteiger charge is 2.18. The molecular weight excluding hydrogens is 316 g/mol. The van der Waals surface area contributed by atoms with Crippen LogP contribution >= 0.6 is 0 Å². The van der Waals surface area contributed by atoms with Crippen LogP contribution in [0.25, 0.3) is 0 Å². The van der Waals surface area contributed by atoms with Crippen molar-refractivity contribution >= 4 is 17.8 Å². The summed E-state index contributed by atoms with van der Waals surface area (Å²) in [7, 11) is 0. The van der Waals surface area contributed by atoms with E-state index in [4.69, 9.17) is 21.1 Å². The van der Waals surface area contributed by atoms with Crippen molar-refractivity contribution < 1.29 is 29.7 Å². The number of hydrogen-bond acceptors (Lipinski definition) is 5. The maximum Gasteiger partial charge on any atom is 0.326 e. The summed E-state index contributed by atoms with van der Waals surface area (Å²) in [5, 5.41) is 28.5. The Morgan fingerprint density at radius 3 is 1.88 bits per heavy atom. The lowest BCUT2D eigenvalue weighted by Crippen LogP contribution is -2.41. The Hall–Kier alpha value is -2.61. The molecule has 8 heteroatoms. The molecule has 1 amide bonds. The summed E-state index contributed by atoms with van der Waals surface area (Å²) in [4.78, 5) is 31.6. The molecule has 0 aliphatic heterocycles. The van der Waals surface area contributed by atoms with E-state index in [1.807, 2.05) is 0 Å². The van der Waals surface area contributed by atoms with Crippen LogP contribution in [0.15, 0.2) is 24.3 Å². The third kappa shape index (κ3) is 8.74. The van der Waals surface area contributed by atoms with Gasteiger partial charge in [0.2, 0.25) is 5.91 Å². The van der Waals surface area contributed by atoms with E-state index in [1.54, 1.807) is 26.0 Å². The van der Waals surface area contributed by atoms with E-state index in [0.29, 0.717) is 0 Å². The Labute approximate surface area is 140 Å². The van der Waals surface area contributed by atoms with E-state index in [0.717, 1.165) is 5.56 Å². The summed E-state index contributed by atoms with van der Waals surface area (Å²) in [6.07, 6.45) is 0.190. The number of amides is 1. The van der Waals surface area contributed by atoms with Gasteiger partial charge in [-0.3, -0.25) is 9.59 Å². The predicted molar refractivity (Wildman–Crippen MR) is 87.5 cm³/mol. The minimum atomic E-state index is -1.08. The van der Waals surface area contributed by atoms with Crippen LogP contribution in [-0.4, -0.2) is 45.2 Å². The Morgan fingerprint density at radius 2 is 1.58 bits per heavy atom. The summed E-state index contributed by atoms with van der Waals surface area (Å²) in [5.74, 6) is -2.25. The Balaban J connectivity index is 0.000000561. The SMILES string of the molecule is CC(=O)N[C@@H](Cc1ccc(O)cc1)C(=O)O.CC(C)[C@H](N)C(=O)O. The molecule has 1 rings (SSSR count). The minimum absolute atomic E-state index is 0.0208. The van der Waals surface area contributed by atoms with Crippen molar-refractivity contribution in [2.45, 2.75) is 39.3 Å². The van der Waals surface area contributed by atoms with Gasteiger partial charge in [-0.2, -0.15) is 0 Å². The molecule has 2 atom stereocenters. The third-order valence-corrected chi connectivity index (χ3v) is 3.06. The first-order valence-electron chi connectivity index (χ1n) is 7.30. The van der Waals surface area contributed by atoms with Crippen molar-refractivity contribution in [1.82, 2.24) is 5.32 Å². The lowest BCUT2D eigenvalue weighted by atomic mass is 10.1. The molecule has 134 valence electrons. The van der Waals surface area contributed by atoms with Gasteiger partial charge in [-0.25, -0.2) is 4.79 Å². The molecule has 0 spiro atoms. The normalized spacial score (nSPS) is 12.5. The standard InChI is InChI=1S/C11H13NO4.C5H11NO2/c1-7(13)12-10(11(15)16)6-8-2-4-9(14)5-3-8;1-3(2)4(6)5(7)8/h2-5,10,14H,6H2,1H3,(H,12,13)(H,15,16);3-4H,6H2,1-2H3,(H,7,8)/t10-;4-/m00/s1. The van der Waals surface area contributed by atoms with Crippen molar-refractivity contribution in [2.24, 2.45) is 11.7 Å². The topological polar surface area (TPSA) is 150 Å². The highest BCUT2D eigenvalue weighted by atomic mass is 16.4. The molecule has 0 bridgehead atoms. The van der Waals surface area contributed by atoms with Gasteiger partial charge in [-0.1, -0.05) is 26.0 Å². The molecule has 0 saturated carbocycles. The fraction of sp³-hybridized carbons (Fsp3) is 0.438. The maximum absolute atomic E-state index is 10.8. The average molecular weight is 340 g/mol. The van der Waals surface area contributed by atoms with Gasteiger partial charge in [0.25, 0.3) is 0 Å². The van der Waals surface area contributed by atoms with Gasteiger partial charge in [-0.05, 0) is 23.6 Å². The second-order valence-corrected chi connectivity index (χ2v) is 5.57. The number of benzene rings is 1. The fourth-order valence-electron chi connectivity index (χ4n) is 1.60. The maximum atomic E-state index is 10.8. The Morgan fingerprint density at radius 1 is 1.08 bits per heavy atom. The molecule has 24 heavy (non-hydrogen) atoms. The second kappa shape index (κ2) is 10.2. The molecule has 1 aromatic carbocycles. The number of aliphatic carboxylic acids is 2. The molecular formula is C16H24N2O6. The zero-order valence-corrected chi connectivity index (χ0v) is 13.9. The van der Waals surface area contributed by atoms with Crippen LogP contribution in [0.5, 0.6) is 5.75 Å². The largest absolute Gasteiger partial charge is 0.508 e. The molecule has 0 saturated heterocycles. The predicted octanol–water partition coefficient (Wildman–Crippen LogP) is 0.578. The monoisotopic (exact) mass is 340 g/mol. The third-order valence-electron chi connectivity index (χ3n) is 3.06. The van der Waals surface area contributed by atoms with Crippen LogP contribution in [0.3, 0.4) is 0 Å². The second-order valence-electron chi connectivity index (χ2n) is 5.57. The Kier molecular flexibility index (Phi) is 9.11. The quantitative estimate of drug-likeness (QED) is 0.508. The average Bonchev–Trinajstić information content (AvgIpc) is 2.47. The van der Waals surface area contributed by atoms with Crippen molar-refractivity contribution in [3.05, 3.63) is 29.8 Å². The van der Waals surface area contributed by atoms with Crippen molar-refractivity contribution in [3.63, 3.8) is 0 Å². The van der Waals surface area contributed by atoms with Crippen LogP contribution in [0.4, 0.5) is 0 Å². The van der Waals surface area contributed by atoms with Gasteiger partial charge in [0, 0.05) is 13.3 Å². The first-order chi connectivity index (χ1) is 11.0. The zero-order chi connectivity index (χ0) is 18.9. The first kappa shape index (κ1) is 21.4. The van der Waals surface area contributed by atoms with Crippen LogP contribution in [-0.2, 0) is 20.8 Å². The summed E-state index contributed by atoms with van der Waals surface area (Å²) in [6.45, 7) is 4.82. The molecule has 1 aromatic rings. The van der Waals surface area contributed by atoms with Gasteiger partial charge in [0.05, 0.1) is 0 Å². The number of nitrogens with one attached hydrogen (secondary N) is 1. The molecule has 0 aliphatic carbocycles. The van der Waals surface area contributed by atoms with Gasteiger partial charge in [0.15, 0.2) is 0 Å². The number of carbonyl (C=O) groups excluding carboxylic acids is 1. The van der Waals surface area contributed by atoms with Crippen molar-refractivity contribution in [3.8, 4) is 5.75 Å². The highest BCUT2D eigenvalue weighted by molar-refractivity contribution is 5.82. The van der Waals surface area contributed by atoms with E-state index < -0.39 is 24.0 Å². The number of nitrogens with two attached hydrogens (primary N) is 1. The number of rotatable bonds is 6. The Bertz CT molecular complexity index is 556. The molecule has 0 aromatic heterocycles. The molecule has 6 N–H and O–H groups in total. The van der Waals surface area contributed by atoms with E-state index >= 15 is 0 Å². The van der Waals surface area contributed by atoms with Crippen LogP contribution in [0.1, 0.15) is 26.3 Å². The number of carbonyl (C=O) groups is 3. The van der Waals surface area contributed by atoms with Gasteiger partial charge >= 0.3 is 11.9 Å². The number of carboxylic acid groups (broad SMARTS) is 2. The summed E-state index contributed by atoms with van der Waals surface area (Å²) in [5.41, 5.74) is 5.89. The smallest absolute Gasteiger partial charge is 0.326 e. The van der Waals surface area contributed by atoms with Crippen molar-refractivity contribution in [1.29, 1.82) is 0 Å².